The fourth-order valence-electron chi connectivity index (χ4n) is 1.47. The van der Waals surface area contributed by atoms with E-state index < -0.39 is 17.8 Å². The number of halogens is 2. The Bertz CT molecular complexity index is 692. The van der Waals surface area contributed by atoms with Crippen LogP contribution in [0.15, 0.2) is 36.5 Å². The molecule has 0 aliphatic heterocycles. The van der Waals surface area contributed by atoms with Crippen molar-refractivity contribution in [3.63, 3.8) is 0 Å². The van der Waals surface area contributed by atoms with Gasteiger partial charge in [0, 0.05) is 5.02 Å². The Kier molecular flexibility index (Phi) is 4.34. The second kappa shape index (κ2) is 6.19. The second-order valence-corrected chi connectivity index (χ2v) is 4.38. The molecule has 8 heteroatoms. The first-order valence-electron chi connectivity index (χ1n) is 5.68. The number of carbonyl (C=O) groups excluding carboxylic acids is 1. The number of benzene rings is 1. The lowest BCUT2D eigenvalue weighted by atomic mass is 10.3. The third-order valence-corrected chi connectivity index (χ3v) is 2.65. The van der Waals surface area contributed by atoms with Gasteiger partial charge < -0.3 is 15.7 Å². The fraction of sp³-hybridized carbons (Fsp3) is 0. The average Bonchev–Trinajstić information content (AvgIpc) is 2.42. The molecule has 0 aliphatic rings. The number of urea groups is 1. The van der Waals surface area contributed by atoms with Crippen molar-refractivity contribution >= 4 is 35.0 Å². The largest absolute Gasteiger partial charge is 0.477 e. The van der Waals surface area contributed by atoms with Gasteiger partial charge in [-0.1, -0.05) is 11.6 Å². The summed E-state index contributed by atoms with van der Waals surface area (Å²) < 4.78 is 13.5. The van der Waals surface area contributed by atoms with Gasteiger partial charge in [0.1, 0.15) is 11.5 Å². The van der Waals surface area contributed by atoms with Gasteiger partial charge in [-0.3, -0.25) is 0 Å². The molecule has 0 saturated heterocycles. The molecule has 21 heavy (non-hydrogen) atoms. The molecule has 3 N–H and O–H groups in total. The van der Waals surface area contributed by atoms with E-state index in [0.29, 0.717) is 0 Å². The molecule has 2 aromatic rings. The molecule has 0 aliphatic carbocycles. The van der Waals surface area contributed by atoms with Gasteiger partial charge in [-0.15, -0.1) is 0 Å². The Balaban J connectivity index is 2.02. The van der Waals surface area contributed by atoms with Crippen molar-refractivity contribution < 1.29 is 19.1 Å². The molecular formula is C13H9ClFN3O3. The number of amides is 2. The van der Waals surface area contributed by atoms with Crippen molar-refractivity contribution in [2.45, 2.75) is 0 Å². The van der Waals surface area contributed by atoms with Crippen LogP contribution in [0.3, 0.4) is 0 Å². The van der Waals surface area contributed by atoms with E-state index in [2.05, 4.69) is 15.6 Å². The number of carbonyl (C=O) groups is 2. The molecule has 2 rings (SSSR count). The normalized spacial score (nSPS) is 10.0. The van der Waals surface area contributed by atoms with Crippen molar-refractivity contribution in [3.8, 4) is 0 Å². The van der Waals surface area contributed by atoms with Crippen molar-refractivity contribution in [3.05, 3.63) is 53.1 Å². The molecule has 108 valence electrons. The number of hydrogen-bond donors (Lipinski definition) is 3. The molecular weight excluding hydrogens is 301 g/mol. The Morgan fingerprint density at radius 3 is 2.52 bits per heavy atom. The lowest BCUT2D eigenvalue weighted by Gasteiger charge is -2.08. The quantitative estimate of drug-likeness (QED) is 0.812. The Labute approximate surface area is 123 Å². The predicted molar refractivity (Wildman–Crippen MR) is 75.2 cm³/mol. The highest BCUT2D eigenvalue weighted by molar-refractivity contribution is 6.30. The van der Waals surface area contributed by atoms with Crippen LogP contribution in [0, 0.1) is 5.82 Å². The predicted octanol–water partition coefficient (Wildman–Crippen LogP) is 3.22. The maximum Gasteiger partial charge on any atom is 0.354 e. The van der Waals surface area contributed by atoms with Gasteiger partial charge in [-0.05, 0) is 30.3 Å². The van der Waals surface area contributed by atoms with E-state index in [1.807, 2.05) is 0 Å². The van der Waals surface area contributed by atoms with Crippen LogP contribution in [-0.4, -0.2) is 22.1 Å². The summed E-state index contributed by atoms with van der Waals surface area (Å²) >= 11 is 5.60. The first-order chi connectivity index (χ1) is 9.95. The van der Waals surface area contributed by atoms with Gasteiger partial charge in [-0.2, -0.15) is 0 Å². The number of nitrogens with zero attached hydrogens (tertiary/aromatic N) is 1. The summed E-state index contributed by atoms with van der Waals surface area (Å²) in [6.45, 7) is 0. The average molecular weight is 310 g/mol. The van der Waals surface area contributed by atoms with Gasteiger partial charge in [0.25, 0.3) is 0 Å². The molecule has 1 heterocycles. The third kappa shape index (κ3) is 3.90. The minimum absolute atomic E-state index is 0.0352. The summed E-state index contributed by atoms with van der Waals surface area (Å²) in [7, 11) is 0. The van der Waals surface area contributed by atoms with Crippen molar-refractivity contribution in [2.75, 3.05) is 10.6 Å². The Hall–Kier alpha value is -2.67. The number of aromatic nitrogens is 1. The summed E-state index contributed by atoms with van der Waals surface area (Å²) in [4.78, 5) is 25.9. The van der Waals surface area contributed by atoms with E-state index in [0.717, 1.165) is 6.07 Å². The van der Waals surface area contributed by atoms with E-state index >= 15 is 0 Å². The van der Waals surface area contributed by atoms with Crippen LogP contribution >= 0.6 is 11.6 Å². The van der Waals surface area contributed by atoms with Gasteiger partial charge >= 0.3 is 12.0 Å². The molecule has 0 fully saturated rings. The standard InChI is InChI=1S/C13H9ClFN3O3/c14-7-1-3-10(9(15)5-7)18-13(21)17-8-2-4-11(12(19)20)16-6-8/h1-6H,(H,19,20)(H2,17,18,21). The van der Waals surface area contributed by atoms with Crippen LogP contribution < -0.4 is 10.6 Å². The number of carboxylic acids is 1. The molecule has 0 atom stereocenters. The van der Waals surface area contributed by atoms with E-state index in [4.69, 9.17) is 16.7 Å². The SMILES string of the molecule is O=C(Nc1ccc(C(=O)O)nc1)Nc1ccc(Cl)cc1F. The number of anilines is 2. The maximum absolute atomic E-state index is 13.5. The van der Waals surface area contributed by atoms with Crippen LogP contribution in [0.4, 0.5) is 20.6 Å². The van der Waals surface area contributed by atoms with Gasteiger partial charge in [0.15, 0.2) is 0 Å². The summed E-state index contributed by atoms with van der Waals surface area (Å²) in [6.07, 6.45) is 1.18. The summed E-state index contributed by atoms with van der Waals surface area (Å²) in [5.41, 5.74) is 0.0867. The zero-order valence-corrected chi connectivity index (χ0v) is 11.2. The van der Waals surface area contributed by atoms with E-state index in [-0.39, 0.29) is 22.1 Å². The highest BCUT2D eigenvalue weighted by Crippen LogP contribution is 2.19. The van der Waals surface area contributed by atoms with Crippen LogP contribution in [0.1, 0.15) is 10.5 Å². The maximum atomic E-state index is 13.5. The fourth-order valence-corrected chi connectivity index (χ4v) is 1.63. The summed E-state index contributed by atoms with van der Waals surface area (Å²) in [5, 5.41) is 13.6. The molecule has 1 aromatic heterocycles. The van der Waals surface area contributed by atoms with Crippen LogP contribution in [-0.2, 0) is 0 Å². The minimum Gasteiger partial charge on any atom is -0.477 e. The molecule has 6 nitrogen and oxygen atoms in total. The number of hydrogen-bond acceptors (Lipinski definition) is 3. The van der Waals surface area contributed by atoms with E-state index in [1.165, 1.54) is 30.5 Å². The smallest absolute Gasteiger partial charge is 0.354 e. The Morgan fingerprint density at radius 1 is 1.19 bits per heavy atom. The number of pyridine rings is 1. The second-order valence-electron chi connectivity index (χ2n) is 3.94. The number of nitrogens with one attached hydrogen (secondary N) is 2. The molecule has 0 radical (unpaired) electrons. The first-order valence-corrected chi connectivity index (χ1v) is 6.06. The summed E-state index contributed by atoms with van der Waals surface area (Å²) in [6, 6.07) is 5.74. The zero-order valence-electron chi connectivity index (χ0n) is 10.4. The molecule has 1 aromatic carbocycles. The summed E-state index contributed by atoms with van der Waals surface area (Å²) in [5.74, 6) is -1.84. The monoisotopic (exact) mass is 309 g/mol. The molecule has 2 amide bonds. The first kappa shape index (κ1) is 14.7. The van der Waals surface area contributed by atoms with Gasteiger partial charge in [0.2, 0.25) is 0 Å². The van der Waals surface area contributed by atoms with Crippen LogP contribution in [0.25, 0.3) is 0 Å². The number of rotatable bonds is 3. The third-order valence-electron chi connectivity index (χ3n) is 2.42. The van der Waals surface area contributed by atoms with E-state index in [9.17, 15) is 14.0 Å². The topological polar surface area (TPSA) is 91.3 Å². The lowest BCUT2D eigenvalue weighted by molar-refractivity contribution is 0.0690. The van der Waals surface area contributed by atoms with Crippen LogP contribution in [0.2, 0.25) is 5.02 Å². The highest BCUT2D eigenvalue weighted by atomic mass is 35.5. The molecule has 0 bridgehead atoms. The molecule has 0 spiro atoms. The van der Waals surface area contributed by atoms with Crippen LogP contribution in [0.5, 0.6) is 0 Å². The highest BCUT2D eigenvalue weighted by Gasteiger charge is 2.09. The van der Waals surface area contributed by atoms with E-state index in [1.54, 1.807) is 0 Å². The molecule has 0 unspecified atom stereocenters. The van der Waals surface area contributed by atoms with Crippen molar-refractivity contribution in [2.24, 2.45) is 0 Å². The number of aromatic carboxylic acids is 1. The van der Waals surface area contributed by atoms with Gasteiger partial charge in [-0.25, -0.2) is 19.0 Å². The molecule has 0 saturated carbocycles. The lowest BCUT2D eigenvalue weighted by Crippen LogP contribution is -2.20. The van der Waals surface area contributed by atoms with Crippen molar-refractivity contribution in [1.82, 2.24) is 4.98 Å². The zero-order chi connectivity index (χ0) is 15.4. The van der Waals surface area contributed by atoms with Crippen molar-refractivity contribution in [1.29, 1.82) is 0 Å². The van der Waals surface area contributed by atoms with Gasteiger partial charge in [0.05, 0.1) is 17.6 Å². The minimum atomic E-state index is -1.17. The Morgan fingerprint density at radius 2 is 1.95 bits per heavy atom. The number of carboxylic acid groups (broad SMARTS) is 1.